The molecule has 12 heavy (non-hydrogen) atoms. The topological polar surface area (TPSA) is 50.1 Å². The molecule has 0 saturated carbocycles. The zero-order chi connectivity index (χ0) is 9.56. The van der Waals surface area contributed by atoms with Crippen molar-refractivity contribution in [1.82, 2.24) is 0 Å². The van der Waals surface area contributed by atoms with Gasteiger partial charge in [-0.1, -0.05) is 0 Å². The summed E-state index contributed by atoms with van der Waals surface area (Å²) in [7, 11) is 0. The van der Waals surface area contributed by atoms with Gasteiger partial charge >= 0.3 is 5.97 Å². The van der Waals surface area contributed by atoms with Crippen molar-refractivity contribution in [3.05, 3.63) is 11.6 Å². The summed E-state index contributed by atoms with van der Waals surface area (Å²) in [5, 5.41) is 8.15. The van der Waals surface area contributed by atoms with E-state index in [2.05, 4.69) is 4.74 Å². The van der Waals surface area contributed by atoms with Gasteiger partial charge in [0.1, 0.15) is 11.6 Å². The van der Waals surface area contributed by atoms with Gasteiger partial charge in [0.05, 0.1) is 12.0 Å². The Morgan fingerprint density at radius 2 is 2.42 bits per heavy atom. The quantitative estimate of drug-likeness (QED) is 0.292. The molecule has 4 heteroatoms. The molecule has 0 spiro atoms. The second-order valence-electron chi connectivity index (χ2n) is 2.09. The molecule has 0 radical (unpaired) electrons. The van der Waals surface area contributed by atoms with Crippen LogP contribution in [0.4, 0.5) is 0 Å². The minimum Gasteiger partial charge on any atom is -0.462 e. The molecule has 0 aliphatic rings. The van der Waals surface area contributed by atoms with Crippen LogP contribution in [0.5, 0.6) is 0 Å². The number of nitriles is 1. The summed E-state index contributed by atoms with van der Waals surface area (Å²) >= 11 is 5.56. The molecule has 0 rings (SSSR count). The van der Waals surface area contributed by atoms with Crippen LogP contribution in [0, 0.1) is 11.3 Å². The largest absolute Gasteiger partial charge is 0.462 e. The number of allylic oxidation sites excluding steroid dienone is 1. The molecule has 0 aromatic carbocycles. The number of rotatable bonds is 3. The number of esters is 1. The first-order valence-electron chi connectivity index (χ1n) is 3.55. The Hall–Kier alpha value is -1.01. The number of carbonyl (C=O) groups is 1. The van der Waals surface area contributed by atoms with E-state index in [0.717, 1.165) is 0 Å². The number of hydrogen-bond acceptors (Lipinski definition) is 3. The molecule has 1 atom stereocenters. The van der Waals surface area contributed by atoms with Crippen LogP contribution in [0.2, 0.25) is 0 Å². The van der Waals surface area contributed by atoms with E-state index in [1.807, 2.05) is 0 Å². The predicted octanol–water partition coefficient (Wildman–Crippen LogP) is 1.63. The second-order valence-corrected chi connectivity index (χ2v) is 2.78. The number of alkyl halides is 1. The standard InChI is InChI=1S/C8H10ClNO2/c1-3-12-8(11)7(5-10)4-6(2)9/h4,6H,3H2,1-2H3/b7-4+. The third kappa shape index (κ3) is 3.99. The normalized spacial score (nSPS) is 13.3. The highest BCUT2D eigenvalue weighted by atomic mass is 35.5. The molecule has 0 fully saturated rings. The summed E-state index contributed by atoms with van der Waals surface area (Å²) in [6, 6.07) is 1.72. The highest BCUT2D eigenvalue weighted by Crippen LogP contribution is 2.03. The van der Waals surface area contributed by atoms with Gasteiger partial charge in [0, 0.05) is 0 Å². The van der Waals surface area contributed by atoms with E-state index >= 15 is 0 Å². The van der Waals surface area contributed by atoms with Crippen LogP contribution in [0.15, 0.2) is 11.6 Å². The molecular formula is C8H10ClNO2. The Labute approximate surface area is 76.6 Å². The highest BCUT2D eigenvalue weighted by molar-refractivity contribution is 6.21. The van der Waals surface area contributed by atoms with Gasteiger partial charge in [-0.2, -0.15) is 5.26 Å². The van der Waals surface area contributed by atoms with E-state index in [0.29, 0.717) is 0 Å². The Morgan fingerprint density at radius 1 is 1.83 bits per heavy atom. The number of halogens is 1. The lowest BCUT2D eigenvalue weighted by atomic mass is 10.2. The number of nitrogens with zero attached hydrogens (tertiary/aromatic N) is 1. The first kappa shape index (κ1) is 11.0. The van der Waals surface area contributed by atoms with Crippen molar-refractivity contribution in [1.29, 1.82) is 5.26 Å². The van der Waals surface area contributed by atoms with Gasteiger partial charge in [0.2, 0.25) is 0 Å². The third-order valence-corrected chi connectivity index (χ3v) is 1.14. The Bertz CT molecular complexity index is 228. The Morgan fingerprint density at radius 3 is 2.75 bits per heavy atom. The average Bonchev–Trinajstić information content (AvgIpc) is 2.00. The number of carbonyl (C=O) groups excluding carboxylic acids is 1. The van der Waals surface area contributed by atoms with E-state index in [1.54, 1.807) is 19.9 Å². The SMILES string of the molecule is CCOC(=O)/C(C#N)=C/C(C)Cl. The summed E-state index contributed by atoms with van der Waals surface area (Å²) in [5.74, 6) is -0.618. The van der Waals surface area contributed by atoms with E-state index in [-0.39, 0.29) is 17.6 Å². The van der Waals surface area contributed by atoms with Crippen LogP contribution in [0.25, 0.3) is 0 Å². The molecule has 0 saturated heterocycles. The molecule has 66 valence electrons. The van der Waals surface area contributed by atoms with Crippen molar-refractivity contribution in [3.63, 3.8) is 0 Å². The van der Waals surface area contributed by atoms with Gasteiger partial charge < -0.3 is 4.74 Å². The van der Waals surface area contributed by atoms with Crippen LogP contribution in [-0.4, -0.2) is 18.0 Å². The summed E-state index contributed by atoms with van der Waals surface area (Å²) in [6.07, 6.45) is 1.36. The molecule has 0 bridgehead atoms. The second kappa shape index (κ2) is 5.62. The van der Waals surface area contributed by atoms with Crippen LogP contribution in [0.3, 0.4) is 0 Å². The van der Waals surface area contributed by atoms with Crippen molar-refractivity contribution in [2.24, 2.45) is 0 Å². The molecule has 0 aliphatic carbocycles. The molecule has 0 aromatic heterocycles. The highest BCUT2D eigenvalue weighted by Gasteiger charge is 2.09. The summed E-state index contributed by atoms with van der Waals surface area (Å²) in [5.41, 5.74) is -0.0423. The first-order valence-corrected chi connectivity index (χ1v) is 3.98. The molecule has 0 heterocycles. The molecular weight excluding hydrogens is 178 g/mol. The Kier molecular flexibility index (Phi) is 5.14. The monoisotopic (exact) mass is 187 g/mol. The maximum Gasteiger partial charge on any atom is 0.348 e. The fraction of sp³-hybridized carbons (Fsp3) is 0.500. The van der Waals surface area contributed by atoms with E-state index in [9.17, 15) is 4.79 Å². The summed E-state index contributed by atoms with van der Waals surface area (Å²) < 4.78 is 4.61. The smallest absolute Gasteiger partial charge is 0.348 e. The van der Waals surface area contributed by atoms with E-state index in [1.165, 1.54) is 6.08 Å². The lowest BCUT2D eigenvalue weighted by Gasteiger charge is -1.99. The van der Waals surface area contributed by atoms with Crippen molar-refractivity contribution in [2.75, 3.05) is 6.61 Å². The maximum atomic E-state index is 10.9. The van der Waals surface area contributed by atoms with E-state index < -0.39 is 5.97 Å². The van der Waals surface area contributed by atoms with Crippen LogP contribution >= 0.6 is 11.6 Å². The van der Waals surface area contributed by atoms with E-state index in [4.69, 9.17) is 16.9 Å². The van der Waals surface area contributed by atoms with Gasteiger partial charge in [0.15, 0.2) is 0 Å². The molecule has 0 amide bonds. The van der Waals surface area contributed by atoms with Crippen molar-refractivity contribution < 1.29 is 9.53 Å². The minimum absolute atomic E-state index is 0.0423. The van der Waals surface area contributed by atoms with Crippen molar-refractivity contribution >= 4 is 17.6 Å². The molecule has 1 unspecified atom stereocenters. The molecule has 3 nitrogen and oxygen atoms in total. The third-order valence-electron chi connectivity index (χ3n) is 1.01. The lowest BCUT2D eigenvalue weighted by molar-refractivity contribution is -0.138. The number of hydrogen-bond donors (Lipinski definition) is 0. The molecule has 0 N–H and O–H groups in total. The fourth-order valence-electron chi connectivity index (χ4n) is 0.589. The average molecular weight is 188 g/mol. The summed E-state index contributed by atoms with van der Waals surface area (Å²) in [6.45, 7) is 3.60. The van der Waals surface area contributed by atoms with Gasteiger partial charge in [-0.15, -0.1) is 11.6 Å². The fourth-order valence-corrected chi connectivity index (χ4v) is 0.715. The molecule has 0 aromatic rings. The number of ether oxygens (including phenoxy) is 1. The predicted molar refractivity (Wildman–Crippen MR) is 45.6 cm³/mol. The van der Waals surface area contributed by atoms with Crippen LogP contribution in [0.1, 0.15) is 13.8 Å². The maximum absolute atomic E-state index is 10.9. The summed E-state index contributed by atoms with van der Waals surface area (Å²) in [4.78, 5) is 10.9. The van der Waals surface area contributed by atoms with Crippen LogP contribution in [-0.2, 0) is 9.53 Å². The van der Waals surface area contributed by atoms with Crippen molar-refractivity contribution in [3.8, 4) is 6.07 Å². The van der Waals surface area contributed by atoms with Gasteiger partial charge in [-0.3, -0.25) is 0 Å². The van der Waals surface area contributed by atoms with Crippen molar-refractivity contribution in [2.45, 2.75) is 19.2 Å². The zero-order valence-corrected chi connectivity index (χ0v) is 7.76. The molecule has 0 aliphatic heterocycles. The first-order chi connectivity index (χ1) is 5.61. The van der Waals surface area contributed by atoms with Gasteiger partial charge in [0.25, 0.3) is 0 Å². The van der Waals surface area contributed by atoms with Gasteiger partial charge in [-0.05, 0) is 19.9 Å². The minimum atomic E-state index is -0.618. The van der Waals surface area contributed by atoms with Crippen LogP contribution < -0.4 is 0 Å². The van der Waals surface area contributed by atoms with Gasteiger partial charge in [-0.25, -0.2) is 4.79 Å². The lowest BCUT2D eigenvalue weighted by Crippen LogP contribution is -2.07. The Balaban J connectivity index is 4.37. The zero-order valence-electron chi connectivity index (χ0n) is 7.00.